The molecule has 3 aromatic carbocycles. The first kappa shape index (κ1) is 21.4. The SMILES string of the molecule is CCC(=O)c1ccc(OCC(=O)NCC(c2ccccc2)c2c[nH]c3ccccc23)cc1. The highest BCUT2D eigenvalue weighted by Gasteiger charge is 2.19. The third-order valence-corrected chi connectivity index (χ3v) is 5.57. The zero-order valence-electron chi connectivity index (χ0n) is 18.0. The van der Waals surface area contributed by atoms with Gasteiger partial charge >= 0.3 is 0 Å². The molecule has 0 saturated heterocycles. The monoisotopic (exact) mass is 426 g/mol. The quantitative estimate of drug-likeness (QED) is 0.366. The lowest BCUT2D eigenvalue weighted by Gasteiger charge is -2.18. The number of hydrogen-bond acceptors (Lipinski definition) is 3. The summed E-state index contributed by atoms with van der Waals surface area (Å²) in [4.78, 5) is 27.6. The molecule has 0 aliphatic carbocycles. The molecule has 162 valence electrons. The van der Waals surface area contributed by atoms with Gasteiger partial charge in [0, 0.05) is 41.5 Å². The first-order valence-corrected chi connectivity index (χ1v) is 10.8. The average molecular weight is 427 g/mol. The summed E-state index contributed by atoms with van der Waals surface area (Å²) in [5, 5.41) is 4.16. The first-order valence-electron chi connectivity index (χ1n) is 10.8. The number of fused-ring (bicyclic) bond motifs is 1. The van der Waals surface area contributed by atoms with E-state index in [0.717, 1.165) is 22.0 Å². The number of ether oxygens (including phenoxy) is 1. The van der Waals surface area contributed by atoms with E-state index in [0.29, 0.717) is 24.3 Å². The molecule has 1 aromatic heterocycles. The number of para-hydroxylation sites is 1. The van der Waals surface area contributed by atoms with Crippen LogP contribution in [0.3, 0.4) is 0 Å². The summed E-state index contributed by atoms with van der Waals surface area (Å²) < 4.78 is 5.61. The number of benzene rings is 3. The van der Waals surface area contributed by atoms with Crippen LogP contribution in [0, 0.1) is 0 Å². The highest BCUT2D eigenvalue weighted by atomic mass is 16.5. The summed E-state index contributed by atoms with van der Waals surface area (Å²) in [5.74, 6) is 0.456. The number of amides is 1. The number of aromatic nitrogens is 1. The Balaban J connectivity index is 1.42. The van der Waals surface area contributed by atoms with Crippen molar-refractivity contribution in [2.75, 3.05) is 13.2 Å². The second-order valence-electron chi connectivity index (χ2n) is 7.65. The molecule has 1 amide bonds. The number of carbonyl (C=O) groups is 2. The van der Waals surface area contributed by atoms with Crippen LogP contribution in [0.25, 0.3) is 10.9 Å². The van der Waals surface area contributed by atoms with Gasteiger partial charge < -0.3 is 15.0 Å². The number of hydrogen-bond donors (Lipinski definition) is 2. The number of Topliss-reactive ketones (excluding diaryl/α,β-unsaturated/α-hetero) is 1. The van der Waals surface area contributed by atoms with Crippen molar-refractivity contribution in [3.8, 4) is 5.75 Å². The Bertz CT molecular complexity index is 1200. The maximum absolute atomic E-state index is 12.5. The summed E-state index contributed by atoms with van der Waals surface area (Å²) in [5.41, 5.74) is 4.00. The number of carbonyl (C=O) groups excluding carboxylic acids is 2. The van der Waals surface area contributed by atoms with Gasteiger partial charge in [-0.2, -0.15) is 0 Å². The van der Waals surface area contributed by atoms with E-state index in [1.807, 2.05) is 49.5 Å². The molecule has 2 N–H and O–H groups in total. The van der Waals surface area contributed by atoms with Crippen LogP contribution in [0.5, 0.6) is 5.75 Å². The summed E-state index contributed by atoms with van der Waals surface area (Å²) in [6, 6.07) is 25.2. The van der Waals surface area contributed by atoms with Gasteiger partial charge in [0.15, 0.2) is 12.4 Å². The van der Waals surface area contributed by atoms with Crippen molar-refractivity contribution in [3.63, 3.8) is 0 Å². The van der Waals surface area contributed by atoms with Crippen LogP contribution >= 0.6 is 0 Å². The predicted molar refractivity (Wildman–Crippen MR) is 126 cm³/mol. The van der Waals surface area contributed by atoms with Crippen LogP contribution in [0.15, 0.2) is 85.1 Å². The fraction of sp³-hybridized carbons (Fsp3) is 0.185. The van der Waals surface area contributed by atoms with Crippen molar-refractivity contribution in [1.29, 1.82) is 0 Å². The Morgan fingerprint density at radius 1 is 0.938 bits per heavy atom. The van der Waals surface area contributed by atoms with Gasteiger partial charge in [0.1, 0.15) is 5.75 Å². The highest BCUT2D eigenvalue weighted by molar-refractivity contribution is 5.95. The molecule has 0 fully saturated rings. The van der Waals surface area contributed by atoms with Crippen LogP contribution in [-0.2, 0) is 4.79 Å². The van der Waals surface area contributed by atoms with Crippen molar-refractivity contribution < 1.29 is 14.3 Å². The molecule has 0 radical (unpaired) electrons. The van der Waals surface area contributed by atoms with Crippen molar-refractivity contribution in [2.45, 2.75) is 19.3 Å². The first-order chi connectivity index (χ1) is 15.7. The standard InChI is InChI=1S/C27H26N2O3/c1-2-26(30)20-12-14-21(15-13-20)32-18-27(31)29-16-23(19-8-4-3-5-9-19)24-17-28-25-11-7-6-10-22(24)25/h3-15,17,23,28H,2,16,18H2,1H3,(H,29,31). The van der Waals surface area contributed by atoms with Crippen molar-refractivity contribution in [1.82, 2.24) is 10.3 Å². The predicted octanol–water partition coefficient (Wildman–Crippen LogP) is 5.09. The Labute approximate surface area is 187 Å². The topological polar surface area (TPSA) is 71.2 Å². The highest BCUT2D eigenvalue weighted by Crippen LogP contribution is 2.30. The number of aromatic amines is 1. The van der Waals surface area contributed by atoms with Crippen LogP contribution in [0.2, 0.25) is 0 Å². The normalized spacial score (nSPS) is 11.8. The van der Waals surface area contributed by atoms with E-state index in [1.165, 1.54) is 0 Å². The van der Waals surface area contributed by atoms with E-state index < -0.39 is 0 Å². The van der Waals surface area contributed by atoms with Gasteiger partial charge in [-0.3, -0.25) is 9.59 Å². The Morgan fingerprint density at radius 2 is 1.66 bits per heavy atom. The number of nitrogens with one attached hydrogen (secondary N) is 2. The van der Waals surface area contributed by atoms with Crippen molar-refractivity contribution >= 4 is 22.6 Å². The molecular weight excluding hydrogens is 400 g/mol. The van der Waals surface area contributed by atoms with Gasteiger partial charge in [-0.05, 0) is 41.5 Å². The van der Waals surface area contributed by atoms with Gasteiger partial charge in [0.05, 0.1) is 0 Å². The van der Waals surface area contributed by atoms with E-state index >= 15 is 0 Å². The summed E-state index contributed by atoms with van der Waals surface area (Å²) in [6.07, 6.45) is 2.48. The van der Waals surface area contributed by atoms with E-state index in [1.54, 1.807) is 24.3 Å². The van der Waals surface area contributed by atoms with E-state index in [4.69, 9.17) is 4.74 Å². The molecule has 1 unspecified atom stereocenters. The Kier molecular flexibility index (Phi) is 6.66. The lowest BCUT2D eigenvalue weighted by Crippen LogP contribution is -2.32. The van der Waals surface area contributed by atoms with Crippen molar-refractivity contribution in [3.05, 3.63) is 102 Å². The maximum atomic E-state index is 12.5. The molecule has 4 rings (SSSR count). The largest absolute Gasteiger partial charge is 0.484 e. The molecule has 0 bridgehead atoms. The zero-order chi connectivity index (χ0) is 22.3. The Morgan fingerprint density at radius 3 is 2.41 bits per heavy atom. The zero-order valence-corrected chi connectivity index (χ0v) is 18.0. The van der Waals surface area contributed by atoms with E-state index in [-0.39, 0.29) is 24.2 Å². The Hall–Kier alpha value is -3.86. The van der Waals surface area contributed by atoms with Gasteiger partial charge in [0.25, 0.3) is 5.91 Å². The smallest absolute Gasteiger partial charge is 0.257 e. The summed E-state index contributed by atoms with van der Waals surface area (Å²) >= 11 is 0. The van der Waals surface area contributed by atoms with Crippen molar-refractivity contribution in [2.24, 2.45) is 0 Å². The van der Waals surface area contributed by atoms with Gasteiger partial charge in [-0.15, -0.1) is 0 Å². The maximum Gasteiger partial charge on any atom is 0.257 e. The number of ketones is 1. The third kappa shape index (κ3) is 4.89. The minimum absolute atomic E-state index is 0.00985. The third-order valence-electron chi connectivity index (χ3n) is 5.57. The van der Waals surface area contributed by atoms with Crippen LogP contribution in [-0.4, -0.2) is 29.8 Å². The average Bonchev–Trinajstić information content (AvgIpc) is 3.27. The lowest BCUT2D eigenvalue weighted by molar-refractivity contribution is -0.123. The number of rotatable bonds is 9. The van der Waals surface area contributed by atoms with E-state index in [9.17, 15) is 9.59 Å². The lowest BCUT2D eigenvalue weighted by atomic mass is 9.91. The van der Waals surface area contributed by atoms with Crippen LogP contribution in [0.1, 0.15) is 40.7 Å². The van der Waals surface area contributed by atoms with Crippen LogP contribution < -0.4 is 10.1 Å². The molecule has 0 aliphatic rings. The summed E-state index contributed by atoms with van der Waals surface area (Å²) in [6.45, 7) is 2.20. The van der Waals surface area contributed by atoms with Gasteiger partial charge in [-0.25, -0.2) is 0 Å². The molecular formula is C27H26N2O3. The van der Waals surface area contributed by atoms with Gasteiger partial charge in [-0.1, -0.05) is 55.5 Å². The molecule has 1 atom stereocenters. The molecule has 32 heavy (non-hydrogen) atoms. The van der Waals surface area contributed by atoms with Crippen LogP contribution in [0.4, 0.5) is 0 Å². The molecule has 5 nitrogen and oxygen atoms in total. The molecule has 0 spiro atoms. The fourth-order valence-electron chi connectivity index (χ4n) is 3.83. The minimum atomic E-state index is -0.195. The molecule has 5 heteroatoms. The molecule has 1 heterocycles. The second kappa shape index (κ2) is 9.96. The van der Waals surface area contributed by atoms with Gasteiger partial charge in [0.2, 0.25) is 0 Å². The fourth-order valence-corrected chi connectivity index (χ4v) is 3.83. The van der Waals surface area contributed by atoms with E-state index in [2.05, 4.69) is 28.5 Å². The molecule has 0 saturated carbocycles. The summed E-state index contributed by atoms with van der Waals surface area (Å²) in [7, 11) is 0. The molecule has 0 aliphatic heterocycles. The number of H-pyrrole nitrogens is 1. The minimum Gasteiger partial charge on any atom is -0.484 e. The molecule has 4 aromatic rings. The second-order valence-corrected chi connectivity index (χ2v) is 7.65.